The van der Waals surface area contributed by atoms with Gasteiger partial charge in [-0.05, 0) is 24.5 Å². The zero-order chi connectivity index (χ0) is 22.4. The van der Waals surface area contributed by atoms with Crippen molar-refractivity contribution in [3.63, 3.8) is 0 Å². The van der Waals surface area contributed by atoms with E-state index in [-0.39, 0.29) is 12.5 Å². The van der Waals surface area contributed by atoms with Gasteiger partial charge in [0.25, 0.3) is 0 Å². The molecule has 1 unspecified atom stereocenters. The number of amides is 1. The number of cyclic esters (lactones) is 1. The summed E-state index contributed by atoms with van der Waals surface area (Å²) in [5, 5.41) is 9.94. The molecule has 1 atom stereocenters. The normalized spacial score (nSPS) is 15.3. The first-order chi connectivity index (χ1) is 14.9. The van der Waals surface area contributed by atoms with Crippen molar-refractivity contribution >= 4 is 17.5 Å². The Kier molecular flexibility index (Phi) is 7.46. The topological polar surface area (TPSA) is 111 Å². The molecule has 0 spiro atoms. The molecule has 2 aromatic rings. The largest absolute Gasteiger partial charge is 0.491 e. The average molecular weight is 427 g/mol. The second-order valence-corrected chi connectivity index (χ2v) is 7.76. The van der Waals surface area contributed by atoms with Crippen LogP contribution in [0.25, 0.3) is 16.8 Å². The number of anilines is 1. The molecule has 1 saturated heterocycles. The van der Waals surface area contributed by atoms with Crippen molar-refractivity contribution in [2.24, 2.45) is 11.7 Å². The SMILES string of the molecule is CCCC(O)COc1cccc(-c2cc(N3CCOC3=O)nc(C(=CN)C(C)C)n2)c1. The van der Waals surface area contributed by atoms with Crippen LogP contribution < -0.4 is 15.4 Å². The number of nitrogens with zero attached hydrogens (tertiary/aromatic N) is 3. The number of aliphatic hydroxyl groups is 1. The number of nitrogens with two attached hydrogens (primary N) is 1. The minimum absolute atomic E-state index is 0.105. The summed E-state index contributed by atoms with van der Waals surface area (Å²) in [5.74, 6) is 1.67. The predicted molar refractivity (Wildman–Crippen MR) is 120 cm³/mol. The maximum absolute atomic E-state index is 12.1. The standard InChI is InChI=1S/C23H30N4O4/c1-4-6-17(28)14-31-18-8-5-7-16(11-18)20-12-21(27-9-10-30-23(27)29)26-22(25-20)19(13-24)15(2)3/h5,7-8,11-13,15,17,28H,4,6,9-10,14,24H2,1-3H3. The van der Waals surface area contributed by atoms with Crippen LogP contribution in [-0.2, 0) is 4.74 Å². The molecule has 1 amide bonds. The first-order valence-corrected chi connectivity index (χ1v) is 10.6. The second-order valence-electron chi connectivity index (χ2n) is 7.76. The summed E-state index contributed by atoms with van der Waals surface area (Å²) < 4.78 is 10.8. The fraction of sp³-hybridized carbons (Fsp3) is 0.435. The smallest absolute Gasteiger partial charge is 0.415 e. The van der Waals surface area contributed by atoms with Gasteiger partial charge in [0.15, 0.2) is 5.82 Å². The molecule has 3 rings (SSSR count). The fourth-order valence-electron chi connectivity index (χ4n) is 3.33. The van der Waals surface area contributed by atoms with E-state index >= 15 is 0 Å². The van der Waals surface area contributed by atoms with Crippen LogP contribution in [-0.4, -0.2) is 47.0 Å². The van der Waals surface area contributed by atoms with Crippen molar-refractivity contribution in [3.8, 4) is 17.0 Å². The van der Waals surface area contributed by atoms with E-state index < -0.39 is 12.2 Å². The van der Waals surface area contributed by atoms with Crippen LogP contribution in [0, 0.1) is 5.92 Å². The van der Waals surface area contributed by atoms with Gasteiger partial charge in [0.1, 0.15) is 24.8 Å². The van der Waals surface area contributed by atoms with E-state index in [1.165, 1.54) is 11.1 Å². The highest BCUT2D eigenvalue weighted by Gasteiger charge is 2.26. The maximum atomic E-state index is 12.1. The summed E-state index contributed by atoms with van der Waals surface area (Å²) in [4.78, 5) is 22.9. The van der Waals surface area contributed by atoms with Crippen LogP contribution in [0.4, 0.5) is 10.6 Å². The predicted octanol–water partition coefficient (Wildman–Crippen LogP) is 3.60. The summed E-state index contributed by atoms with van der Waals surface area (Å²) >= 11 is 0. The molecule has 1 aliphatic heterocycles. The lowest BCUT2D eigenvalue weighted by atomic mass is 10.0. The Morgan fingerprint density at radius 2 is 2.16 bits per heavy atom. The van der Waals surface area contributed by atoms with Crippen LogP contribution >= 0.6 is 0 Å². The Labute approximate surface area is 182 Å². The number of carbonyl (C=O) groups is 1. The van der Waals surface area contributed by atoms with Crippen LogP contribution in [0.3, 0.4) is 0 Å². The number of rotatable bonds is 9. The Hall–Kier alpha value is -3.13. The summed E-state index contributed by atoms with van der Waals surface area (Å²) in [6, 6.07) is 9.23. The van der Waals surface area contributed by atoms with Gasteiger partial charge in [-0.2, -0.15) is 0 Å². The van der Waals surface area contributed by atoms with Gasteiger partial charge in [-0.15, -0.1) is 0 Å². The van der Waals surface area contributed by atoms with Crippen molar-refractivity contribution in [2.75, 3.05) is 24.7 Å². The van der Waals surface area contributed by atoms with Gasteiger partial charge < -0.3 is 20.3 Å². The van der Waals surface area contributed by atoms with E-state index in [2.05, 4.69) is 4.98 Å². The van der Waals surface area contributed by atoms with Gasteiger partial charge in [-0.1, -0.05) is 39.3 Å². The molecular formula is C23H30N4O4. The molecule has 3 N–H and O–H groups in total. The van der Waals surface area contributed by atoms with Gasteiger partial charge in [0.05, 0.1) is 18.3 Å². The molecule has 166 valence electrons. The van der Waals surface area contributed by atoms with Crippen LogP contribution in [0.5, 0.6) is 5.75 Å². The van der Waals surface area contributed by atoms with Gasteiger partial charge >= 0.3 is 6.09 Å². The summed E-state index contributed by atoms with van der Waals surface area (Å²) in [6.07, 6.45) is 2.15. The van der Waals surface area contributed by atoms with Crippen LogP contribution in [0.2, 0.25) is 0 Å². The van der Waals surface area contributed by atoms with Crippen molar-refractivity contribution < 1.29 is 19.4 Å². The average Bonchev–Trinajstić information content (AvgIpc) is 3.19. The second kappa shape index (κ2) is 10.3. The highest BCUT2D eigenvalue weighted by atomic mass is 16.6. The number of hydrogen-bond donors (Lipinski definition) is 2. The van der Waals surface area contributed by atoms with E-state index in [0.29, 0.717) is 42.7 Å². The minimum atomic E-state index is -0.504. The van der Waals surface area contributed by atoms with E-state index in [9.17, 15) is 9.90 Å². The highest BCUT2D eigenvalue weighted by molar-refractivity contribution is 5.89. The summed E-state index contributed by atoms with van der Waals surface area (Å²) in [5.41, 5.74) is 8.08. The summed E-state index contributed by atoms with van der Waals surface area (Å²) in [7, 11) is 0. The van der Waals surface area contributed by atoms with Gasteiger partial charge in [0.2, 0.25) is 0 Å². The maximum Gasteiger partial charge on any atom is 0.415 e. The lowest BCUT2D eigenvalue weighted by Gasteiger charge is -2.17. The molecule has 0 aliphatic carbocycles. The molecule has 1 aliphatic rings. The lowest BCUT2D eigenvalue weighted by Crippen LogP contribution is -2.25. The fourth-order valence-corrected chi connectivity index (χ4v) is 3.33. The molecule has 1 fully saturated rings. The zero-order valence-corrected chi connectivity index (χ0v) is 18.2. The Balaban J connectivity index is 1.98. The molecule has 31 heavy (non-hydrogen) atoms. The third-order valence-corrected chi connectivity index (χ3v) is 5.00. The van der Waals surface area contributed by atoms with E-state index in [1.807, 2.05) is 45.0 Å². The van der Waals surface area contributed by atoms with Crippen molar-refractivity contribution in [2.45, 2.75) is 39.7 Å². The van der Waals surface area contributed by atoms with Crippen LogP contribution in [0.1, 0.15) is 39.4 Å². The number of benzene rings is 1. The zero-order valence-electron chi connectivity index (χ0n) is 18.2. The van der Waals surface area contributed by atoms with E-state index in [0.717, 1.165) is 17.6 Å². The van der Waals surface area contributed by atoms with E-state index in [1.54, 1.807) is 6.07 Å². The van der Waals surface area contributed by atoms with Gasteiger partial charge in [-0.25, -0.2) is 14.8 Å². The van der Waals surface area contributed by atoms with Crippen LogP contribution in [0.15, 0.2) is 36.5 Å². The minimum Gasteiger partial charge on any atom is -0.491 e. The highest BCUT2D eigenvalue weighted by Crippen LogP contribution is 2.29. The third-order valence-electron chi connectivity index (χ3n) is 5.00. The number of allylic oxidation sites excluding steroid dienone is 1. The van der Waals surface area contributed by atoms with E-state index in [4.69, 9.17) is 20.2 Å². The lowest BCUT2D eigenvalue weighted by molar-refractivity contribution is 0.0994. The number of ether oxygens (including phenoxy) is 2. The molecule has 1 aromatic heterocycles. The molecule has 8 nitrogen and oxygen atoms in total. The van der Waals surface area contributed by atoms with Gasteiger partial charge in [0, 0.05) is 23.4 Å². The molecule has 0 saturated carbocycles. The molecular weight excluding hydrogens is 396 g/mol. The molecule has 8 heteroatoms. The quantitative estimate of drug-likeness (QED) is 0.630. The Bertz CT molecular complexity index is 945. The molecule has 0 bridgehead atoms. The van der Waals surface area contributed by atoms with Crippen molar-refractivity contribution in [3.05, 3.63) is 42.4 Å². The first-order valence-electron chi connectivity index (χ1n) is 10.6. The number of carbonyl (C=O) groups excluding carboxylic acids is 1. The Morgan fingerprint density at radius 3 is 2.81 bits per heavy atom. The third kappa shape index (κ3) is 5.52. The monoisotopic (exact) mass is 426 g/mol. The molecule has 1 aromatic carbocycles. The van der Waals surface area contributed by atoms with Crippen molar-refractivity contribution in [1.82, 2.24) is 9.97 Å². The molecule has 2 heterocycles. The Morgan fingerprint density at radius 1 is 1.35 bits per heavy atom. The number of aromatic nitrogens is 2. The first kappa shape index (κ1) is 22.6. The molecule has 0 radical (unpaired) electrons. The summed E-state index contributed by atoms with van der Waals surface area (Å²) in [6.45, 7) is 7.01. The number of aliphatic hydroxyl groups excluding tert-OH is 1. The number of hydrogen-bond acceptors (Lipinski definition) is 7. The van der Waals surface area contributed by atoms with Gasteiger partial charge in [-0.3, -0.25) is 4.90 Å². The van der Waals surface area contributed by atoms with Crippen molar-refractivity contribution in [1.29, 1.82) is 0 Å².